The summed E-state index contributed by atoms with van der Waals surface area (Å²) in [6, 6.07) is 12.5. The molecular formula is C22H25N3O4. The zero-order valence-electron chi connectivity index (χ0n) is 17.1. The quantitative estimate of drug-likeness (QED) is 0.665. The summed E-state index contributed by atoms with van der Waals surface area (Å²) >= 11 is 0. The number of carbonyl (C=O) groups is 1. The third kappa shape index (κ3) is 4.56. The van der Waals surface area contributed by atoms with Gasteiger partial charge in [-0.05, 0) is 43.7 Å². The number of nitrogens with one attached hydrogen (secondary N) is 1. The average molecular weight is 395 g/mol. The van der Waals surface area contributed by atoms with Crippen molar-refractivity contribution < 1.29 is 14.3 Å². The van der Waals surface area contributed by atoms with E-state index in [1.54, 1.807) is 49.5 Å². The fraction of sp³-hybridized carbons (Fsp3) is 0.318. The van der Waals surface area contributed by atoms with Crippen LogP contribution in [0.1, 0.15) is 25.2 Å². The van der Waals surface area contributed by atoms with Crippen LogP contribution in [0.25, 0.3) is 10.9 Å². The van der Waals surface area contributed by atoms with Gasteiger partial charge in [-0.15, -0.1) is 0 Å². The van der Waals surface area contributed by atoms with E-state index in [0.717, 1.165) is 5.56 Å². The lowest BCUT2D eigenvalue weighted by molar-refractivity contribution is -0.132. The van der Waals surface area contributed by atoms with Crippen LogP contribution >= 0.6 is 0 Å². The van der Waals surface area contributed by atoms with Crippen LogP contribution < -0.4 is 15.0 Å². The number of aromatic amines is 1. The Morgan fingerprint density at radius 1 is 1.10 bits per heavy atom. The molecule has 0 atom stereocenters. The summed E-state index contributed by atoms with van der Waals surface area (Å²) < 4.78 is 10.6. The number of rotatable bonds is 7. The van der Waals surface area contributed by atoms with Gasteiger partial charge in [0.05, 0.1) is 38.1 Å². The number of fused-ring (bicyclic) bond motifs is 1. The van der Waals surface area contributed by atoms with E-state index in [9.17, 15) is 9.59 Å². The van der Waals surface area contributed by atoms with Gasteiger partial charge in [0.1, 0.15) is 5.82 Å². The van der Waals surface area contributed by atoms with E-state index in [1.807, 2.05) is 26.0 Å². The highest BCUT2D eigenvalue weighted by atomic mass is 16.5. The summed E-state index contributed by atoms with van der Waals surface area (Å²) in [6.45, 7) is 4.10. The van der Waals surface area contributed by atoms with Gasteiger partial charge >= 0.3 is 0 Å². The zero-order chi connectivity index (χ0) is 21.0. The number of ether oxygens (including phenoxy) is 2. The second-order valence-electron chi connectivity index (χ2n) is 7.01. The molecule has 2 aromatic carbocycles. The van der Waals surface area contributed by atoms with E-state index < -0.39 is 0 Å². The van der Waals surface area contributed by atoms with E-state index in [2.05, 4.69) is 9.97 Å². The number of H-pyrrole nitrogens is 1. The second-order valence-corrected chi connectivity index (χ2v) is 7.01. The minimum atomic E-state index is -0.207. The third-order valence-electron chi connectivity index (χ3n) is 4.73. The minimum Gasteiger partial charge on any atom is -0.493 e. The standard InChI is InChI=1S/C22H25N3O4/c1-14(2)25(13-20-23-17-8-6-5-7-16(17)22(27)24-20)21(26)12-15-9-10-18(28-3)19(11-15)29-4/h5-11,14H,12-13H2,1-4H3,(H,23,24,27). The Hall–Kier alpha value is -3.35. The fourth-order valence-corrected chi connectivity index (χ4v) is 3.20. The maximum absolute atomic E-state index is 13.0. The number of hydrogen-bond acceptors (Lipinski definition) is 5. The summed E-state index contributed by atoms with van der Waals surface area (Å²) in [6.07, 6.45) is 0.205. The van der Waals surface area contributed by atoms with Gasteiger partial charge < -0.3 is 19.4 Å². The number of hydrogen-bond donors (Lipinski definition) is 1. The Bertz CT molecular complexity index is 1080. The summed E-state index contributed by atoms with van der Waals surface area (Å²) in [5, 5.41) is 0.531. The first kappa shape index (κ1) is 20.4. The van der Waals surface area contributed by atoms with Crippen LogP contribution in [0, 0.1) is 0 Å². The van der Waals surface area contributed by atoms with Crippen molar-refractivity contribution in [1.82, 2.24) is 14.9 Å². The molecule has 0 unspecified atom stereocenters. The molecule has 0 spiro atoms. The highest BCUT2D eigenvalue weighted by Crippen LogP contribution is 2.28. The number of amides is 1. The predicted octanol–water partition coefficient (Wildman–Crippen LogP) is 2.92. The summed E-state index contributed by atoms with van der Waals surface area (Å²) in [7, 11) is 3.13. The topological polar surface area (TPSA) is 84.5 Å². The van der Waals surface area contributed by atoms with Crippen LogP contribution in [-0.2, 0) is 17.8 Å². The number of benzene rings is 2. The normalized spacial score (nSPS) is 10.9. The van der Waals surface area contributed by atoms with Gasteiger partial charge in [-0.3, -0.25) is 9.59 Å². The number of carbonyl (C=O) groups excluding carboxylic acids is 1. The van der Waals surface area contributed by atoms with Gasteiger partial charge in [-0.2, -0.15) is 0 Å². The van der Waals surface area contributed by atoms with Crippen molar-refractivity contribution in [3.05, 3.63) is 64.2 Å². The van der Waals surface area contributed by atoms with E-state index in [-0.39, 0.29) is 30.5 Å². The van der Waals surface area contributed by atoms with Crippen LogP contribution in [0.2, 0.25) is 0 Å². The fourth-order valence-electron chi connectivity index (χ4n) is 3.20. The van der Waals surface area contributed by atoms with Crippen molar-refractivity contribution >= 4 is 16.8 Å². The summed E-state index contributed by atoms with van der Waals surface area (Å²) in [4.78, 5) is 34.3. The van der Waals surface area contributed by atoms with Gasteiger partial charge in [0, 0.05) is 6.04 Å². The Balaban J connectivity index is 1.83. The smallest absolute Gasteiger partial charge is 0.258 e. The van der Waals surface area contributed by atoms with Crippen LogP contribution in [-0.4, -0.2) is 41.0 Å². The zero-order valence-corrected chi connectivity index (χ0v) is 17.1. The molecule has 3 rings (SSSR count). The number of methoxy groups -OCH3 is 2. The van der Waals surface area contributed by atoms with Crippen molar-refractivity contribution in [3.63, 3.8) is 0 Å². The molecule has 152 valence electrons. The maximum atomic E-state index is 13.0. The summed E-state index contributed by atoms with van der Waals surface area (Å²) in [5.74, 6) is 1.59. The van der Waals surface area contributed by atoms with E-state index in [4.69, 9.17) is 9.47 Å². The molecule has 0 aliphatic rings. The summed E-state index contributed by atoms with van der Waals surface area (Å²) in [5.41, 5.74) is 1.22. The number of para-hydroxylation sites is 1. The van der Waals surface area contributed by atoms with Crippen LogP contribution in [0.4, 0.5) is 0 Å². The molecule has 0 saturated heterocycles. The van der Waals surface area contributed by atoms with Crippen LogP contribution in [0.5, 0.6) is 11.5 Å². The van der Waals surface area contributed by atoms with E-state index in [1.165, 1.54) is 0 Å². The Morgan fingerprint density at radius 2 is 1.83 bits per heavy atom. The van der Waals surface area contributed by atoms with Gasteiger partial charge in [-0.25, -0.2) is 4.98 Å². The molecule has 1 heterocycles. The molecule has 1 aromatic heterocycles. The molecule has 1 amide bonds. The lowest BCUT2D eigenvalue weighted by Crippen LogP contribution is -2.38. The Labute approximate surface area is 169 Å². The van der Waals surface area contributed by atoms with E-state index in [0.29, 0.717) is 28.2 Å². The average Bonchev–Trinajstić information content (AvgIpc) is 2.71. The molecular weight excluding hydrogens is 370 g/mol. The van der Waals surface area contributed by atoms with Crippen molar-refractivity contribution in [3.8, 4) is 11.5 Å². The highest BCUT2D eigenvalue weighted by Gasteiger charge is 2.20. The van der Waals surface area contributed by atoms with Crippen molar-refractivity contribution in [2.45, 2.75) is 32.9 Å². The largest absolute Gasteiger partial charge is 0.493 e. The van der Waals surface area contributed by atoms with Gasteiger partial charge in [0.25, 0.3) is 5.56 Å². The highest BCUT2D eigenvalue weighted by molar-refractivity contribution is 5.80. The molecule has 29 heavy (non-hydrogen) atoms. The second kappa shape index (κ2) is 8.77. The van der Waals surface area contributed by atoms with Gasteiger partial charge in [-0.1, -0.05) is 18.2 Å². The Morgan fingerprint density at radius 3 is 2.52 bits per heavy atom. The van der Waals surface area contributed by atoms with Crippen molar-refractivity contribution in [1.29, 1.82) is 0 Å². The molecule has 0 aliphatic heterocycles. The molecule has 0 bridgehead atoms. The first-order valence-corrected chi connectivity index (χ1v) is 9.41. The van der Waals surface area contributed by atoms with Crippen molar-refractivity contribution in [2.75, 3.05) is 14.2 Å². The van der Waals surface area contributed by atoms with Gasteiger partial charge in [0.2, 0.25) is 5.91 Å². The first-order valence-electron chi connectivity index (χ1n) is 9.41. The lowest BCUT2D eigenvalue weighted by Gasteiger charge is -2.26. The predicted molar refractivity (Wildman–Crippen MR) is 111 cm³/mol. The molecule has 0 fully saturated rings. The minimum absolute atomic E-state index is 0.0561. The molecule has 7 heteroatoms. The molecule has 1 N–H and O–H groups in total. The molecule has 0 saturated carbocycles. The molecule has 0 aliphatic carbocycles. The molecule has 3 aromatic rings. The maximum Gasteiger partial charge on any atom is 0.258 e. The first-order chi connectivity index (χ1) is 13.9. The SMILES string of the molecule is COc1ccc(CC(=O)N(Cc2nc3ccccc3c(=O)[nH]2)C(C)C)cc1OC. The molecule has 0 radical (unpaired) electrons. The Kier molecular flexibility index (Phi) is 6.16. The van der Waals surface area contributed by atoms with Crippen LogP contribution in [0.15, 0.2) is 47.3 Å². The third-order valence-corrected chi connectivity index (χ3v) is 4.73. The van der Waals surface area contributed by atoms with Crippen LogP contribution in [0.3, 0.4) is 0 Å². The lowest BCUT2D eigenvalue weighted by atomic mass is 10.1. The number of nitrogens with zero attached hydrogens (tertiary/aromatic N) is 2. The van der Waals surface area contributed by atoms with Gasteiger partial charge in [0.15, 0.2) is 11.5 Å². The monoisotopic (exact) mass is 395 g/mol. The van der Waals surface area contributed by atoms with E-state index >= 15 is 0 Å². The number of aromatic nitrogens is 2. The molecule has 7 nitrogen and oxygen atoms in total. The van der Waals surface area contributed by atoms with Crippen molar-refractivity contribution in [2.24, 2.45) is 0 Å².